The topological polar surface area (TPSA) is 55.4 Å². The molecule has 0 aromatic heterocycles. The van der Waals surface area contributed by atoms with Crippen molar-refractivity contribution in [3.8, 4) is 5.75 Å². The lowest BCUT2D eigenvalue weighted by Gasteiger charge is -2.05. The van der Waals surface area contributed by atoms with Gasteiger partial charge in [0.2, 0.25) is 10.0 Å². The van der Waals surface area contributed by atoms with Gasteiger partial charge in [0.25, 0.3) is 0 Å². The average Bonchev–Trinajstić information content (AvgIpc) is 2.21. The van der Waals surface area contributed by atoms with E-state index in [1.807, 2.05) is 0 Å². The molecule has 15 heavy (non-hydrogen) atoms. The number of nitrogens with one attached hydrogen (secondary N) is 1. The molecular formula is C9H12FNO3S. The summed E-state index contributed by atoms with van der Waals surface area (Å²) in [6.07, 6.45) is 0. The van der Waals surface area contributed by atoms with E-state index in [4.69, 9.17) is 4.74 Å². The molecule has 0 radical (unpaired) electrons. The van der Waals surface area contributed by atoms with Crippen molar-refractivity contribution in [2.45, 2.75) is 5.75 Å². The maximum absolute atomic E-state index is 13.3. The Hall–Kier alpha value is -1.14. The van der Waals surface area contributed by atoms with Crippen molar-refractivity contribution in [1.29, 1.82) is 0 Å². The van der Waals surface area contributed by atoms with Crippen molar-refractivity contribution in [1.82, 2.24) is 4.72 Å². The number of benzene rings is 1. The van der Waals surface area contributed by atoms with Gasteiger partial charge in [-0.05, 0) is 13.1 Å². The lowest BCUT2D eigenvalue weighted by atomic mass is 10.2. The quantitative estimate of drug-likeness (QED) is 0.840. The summed E-state index contributed by atoms with van der Waals surface area (Å²) in [6, 6.07) is 4.06. The molecule has 1 rings (SSSR count). The molecule has 0 heterocycles. The lowest BCUT2D eigenvalue weighted by molar-refractivity contribution is 0.411. The minimum atomic E-state index is -3.45. The Balaban J connectivity index is 2.97. The third kappa shape index (κ3) is 3.17. The molecule has 0 amide bonds. The summed E-state index contributed by atoms with van der Waals surface area (Å²) < 4.78 is 42.6. The van der Waals surface area contributed by atoms with Gasteiger partial charge in [0, 0.05) is 11.6 Å². The van der Waals surface area contributed by atoms with Crippen LogP contribution >= 0.6 is 0 Å². The Morgan fingerprint density at radius 1 is 1.47 bits per heavy atom. The number of halogens is 1. The highest BCUT2D eigenvalue weighted by Gasteiger charge is 2.12. The van der Waals surface area contributed by atoms with E-state index in [1.165, 1.54) is 26.3 Å². The molecule has 0 unspecified atom stereocenters. The molecular weight excluding hydrogens is 221 g/mol. The van der Waals surface area contributed by atoms with Crippen LogP contribution in [0.2, 0.25) is 0 Å². The summed E-state index contributed by atoms with van der Waals surface area (Å²) in [5, 5.41) is 0. The monoisotopic (exact) mass is 233 g/mol. The van der Waals surface area contributed by atoms with Crippen LogP contribution in [-0.4, -0.2) is 22.6 Å². The van der Waals surface area contributed by atoms with Gasteiger partial charge in [-0.2, -0.15) is 0 Å². The van der Waals surface area contributed by atoms with Gasteiger partial charge < -0.3 is 4.74 Å². The van der Waals surface area contributed by atoms with Crippen LogP contribution in [0.5, 0.6) is 5.75 Å². The SMILES string of the molecule is CNS(=O)(=O)Cc1ccc(OC)cc1F. The highest BCUT2D eigenvalue weighted by atomic mass is 32.2. The summed E-state index contributed by atoms with van der Waals surface area (Å²) in [5.41, 5.74) is 0.116. The predicted octanol–water partition coefficient (Wildman–Crippen LogP) is 0.883. The molecule has 1 aromatic carbocycles. The normalized spacial score (nSPS) is 11.4. The largest absolute Gasteiger partial charge is 0.497 e. The number of rotatable bonds is 4. The van der Waals surface area contributed by atoms with Crippen LogP contribution in [-0.2, 0) is 15.8 Å². The van der Waals surface area contributed by atoms with Crippen LogP contribution in [0.15, 0.2) is 18.2 Å². The zero-order chi connectivity index (χ0) is 11.5. The number of ether oxygens (including phenoxy) is 1. The Bertz CT molecular complexity index is 445. The van der Waals surface area contributed by atoms with Crippen molar-refractivity contribution < 1.29 is 17.5 Å². The van der Waals surface area contributed by atoms with Crippen molar-refractivity contribution >= 4 is 10.0 Å². The van der Waals surface area contributed by atoms with Gasteiger partial charge in [-0.1, -0.05) is 6.07 Å². The molecule has 1 N–H and O–H groups in total. The summed E-state index contributed by atoms with van der Waals surface area (Å²) in [7, 11) is -0.742. The van der Waals surface area contributed by atoms with E-state index in [0.717, 1.165) is 6.07 Å². The molecule has 4 nitrogen and oxygen atoms in total. The van der Waals surface area contributed by atoms with Gasteiger partial charge in [-0.25, -0.2) is 17.5 Å². The van der Waals surface area contributed by atoms with E-state index < -0.39 is 15.8 Å². The Morgan fingerprint density at radius 3 is 2.60 bits per heavy atom. The fourth-order valence-electron chi connectivity index (χ4n) is 1.05. The van der Waals surface area contributed by atoms with E-state index in [-0.39, 0.29) is 11.3 Å². The van der Waals surface area contributed by atoms with Crippen LogP contribution in [0.4, 0.5) is 4.39 Å². The van der Waals surface area contributed by atoms with Crippen LogP contribution in [0, 0.1) is 5.82 Å². The molecule has 0 atom stereocenters. The van der Waals surface area contributed by atoms with E-state index in [9.17, 15) is 12.8 Å². The first-order valence-electron chi connectivity index (χ1n) is 4.22. The van der Waals surface area contributed by atoms with E-state index in [1.54, 1.807) is 0 Å². The van der Waals surface area contributed by atoms with Crippen molar-refractivity contribution in [3.63, 3.8) is 0 Å². The Kier molecular flexibility index (Phi) is 3.65. The standard InChI is InChI=1S/C9H12FNO3S/c1-11-15(12,13)6-7-3-4-8(14-2)5-9(7)10/h3-5,11H,6H2,1-2H3. The van der Waals surface area contributed by atoms with Gasteiger partial charge in [-0.15, -0.1) is 0 Å². The van der Waals surface area contributed by atoms with Gasteiger partial charge in [-0.3, -0.25) is 0 Å². The zero-order valence-electron chi connectivity index (χ0n) is 8.45. The Labute approximate surface area is 88.1 Å². The smallest absolute Gasteiger partial charge is 0.215 e. The maximum Gasteiger partial charge on any atom is 0.215 e. The molecule has 0 fully saturated rings. The van der Waals surface area contributed by atoms with Gasteiger partial charge in [0.05, 0.1) is 12.9 Å². The third-order valence-corrected chi connectivity index (χ3v) is 3.23. The zero-order valence-corrected chi connectivity index (χ0v) is 9.27. The molecule has 84 valence electrons. The van der Waals surface area contributed by atoms with Crippen LogP contribution in [0.1, 0.15) is 5.56 Å². The molecule has 0 spiro atoms. The van der Waals surface area contributed by atoms with E-state index in [2.05, 4.69) is 4.72 Å². The Morgan fingerprint density at radius 2 is 2.13 bits per heavy atom. The first-order valence-corrected chi connectivity index (χ1v) is 5.87. The molecule has 0 aliphatic rings. The second-order valence-corrected chi connectivity index (χ2v) is 4.85. The van der Waals surface area contributed by atoms with Gasteiger partial charge in [0.15, 0.2) is 0 Å². The fraction of sp³-hybridized carbons (Fsp3) is 0.333. The lowest BCUT2D eigenvalue weighted by Crippen LogP contribution is -2.20. The predicted molar refractivity (Wildman–Crippen MR) is 54.6 cm³/mol. The summed E-state index contributed by atoms with van der Waals surface area (Å²) in [4.78, 5) is 0. The number of hydrogen-bond acceptors (Lipinski definition) is 3. The molecule has 6 heteroatoms. The summed E-state index contributed by atoms with van der Waals surface area (Å²) in [5.74, 6) is -0.606. The number of sulfonamides is 1. The van der Waals surface area contributed by atoms with E-state index >= 15 is 0 Å². The van der Waals surface area contributed by atoms with Crippen LogP contribution < -0.4 is 9.46 Å². The van der Waals surface area contributed by atoms with Gasteiger partial charge in [0.1, 0.15) is 11.6 Å². The molecule has 1 aromatic rings. The van der Waals surface area contributed by atoms with E-state index in [0.29, 0.717) is 5.75 Å². The van der Waals surface area contributed by atoms with Gasteiger partial charge >= 0.3 is 0 Å². The maximum atomic E-state index is 13.3. The van der Waals surface area contributed by atoms with Crippen LogP contribution in [0.3, 0.4) is 0 Å². The first-order chi connectivity index (χ1) is 6.98. The molecule has 0 aliphatic heterocycles. The molecule has 0 saturated heterocycles. The van der Waals surface area contributed by atoms with Crippen molar-refractivity contribution in [2.75, 3.05) is 14.2 Å². The summed E-state index contributed by atoms with van der Waals surface area (Å²) >= 11 is 0. The summed E-state index contributed by atoms with van der Waals surface area (Å²) in [6.45, 7) is 0. The first kappa shape index (κ1) is 11.9. The van der Waals surface area contributed by atoms with Crippen molar-refractivity contribution in [2.24, 2.45) is 0 Å². The average molecular weight is 233 g/mol. The van der Waals surface area contributed by atoms with Crippen LogP contribution in [0.25, 0.3) is 0 Å². The highest BCUT2D eigenvalue weighted by Crippen LogP contribution is 2.17. The second-order valence-electron chi connectivity index (χ2n) is 2.92. The molecule has 0 bridgehead atoms. The molecule has 0 aliphatic carbocycles. The second kappa shape index (κ2) is 4.59. The highest BCUT2D eigenvalue weighted by molar-refractivity contribution is 7.88. The minimum Gasteiger partial charge on any atom is -0.497 e. The van der Waals surface area contributed by atoms with Crippen molar-refractivity contribution in [3.05, 3.63) is 29.6 Å². The molecule has 0 saturated carbocycles. The minimum absolute atomic E-state index is 0.116. The number of methoxy groups -OCH3 is 1. The third-order valence-electron chi connectivity index (χ3n) is 1.92. The number of hydrogen-bond donors (Lipinski definition) is 1. The fourth-order valence-corrected chi connectivity index (χ4v) is 1.84.